The molecule has 0 N–H and O–H groups in total. The Labute approximate surface area is 132 Å². The predicted molar refractivity (Wildman–Crippen MR) is 80.2 cm³/mol. The molecule has 0 radical (unpaired) electrons. The van der Waals surface area contributed by atoms with Gasteiger partial charge in [-0.15, -0.1) is 0 Å². The highest BCUT2D eigenvalue weighted by Gasteiger charge is 2.23. The molecule has 8 heteroatoms. The Morgan fingerprint density at radius 3 is 2.09 bits per heavy atom. The highest BCUT2D eigenvalue weighted by Crippen LogP contribution is 2.25. The number of benzene rings is 2. The van der Waals surface area contributed by atoms with Gasteiger partial charge >= 0.3 is 0 Å². The van der Waals surface area contributed by atoms with Crippen molar-refractivity contribution >= 4 is 15.5 Å². The van der Waals surface area contributed by atoms with Gasteiger partial charge < -0.3 is 9.47 Å². The average molecular weight is 335 g/mol. The molecule has 0 spiro atoms. The number of epoxide rings is 1. The first-order valence-electron chi connectivity index (χ1n) is 6.81. The van der Waals surface area contributed by atoms with Crippen LogP contribution in [0.25, 0.3) is 0 Å². The van der Waals surface area contributed by atoms with E-state index in [9.17, 15) is 18.5 Å². The van der Waals surface area contributed by atoms with Crippen molar-refractivity contribution in [2.24, 2.45) is 0 Å². The standard InChI is InChI=1S/C15H13NO6S/c17-16(18)11-1-5-14(6-2-11)23(19,20)15-7-3-12(4-8-15)21-9-13-10-22-13/h1-8,13H,9-10H2. The fraction of sp³-hybridized carbons (Fsp3) is 0.200. The molecule has 0 bridgehead atoms. The van der Waals surface area contributed by atoms with Gasteiger partial charge in [0, 0.05) is 12.1 Å². The summed E-state index contributed by atoms with van der Waals surface area (Å²) < 4.78 is 35.4. The third-order valence-electron chi connectivity index (χ3n) is 3.33. The Balaban J connectivity index is 1.79. The Kier molecular flexibility index (Phi) is 4.01. The summed E-state index contributed by atoms with van der Waals surface area (Å²) in [5, 5.41) is 10.6. The van der Waals surface area contributed by atoms with Gasteiger partial charge in [0.05, 0.1) is 21.3 Å². The summed E-state index contributed by atoms with van der Waals surface area (Å²) in [4.78, 5) is 10.1. The molecule has 0 aromatic heterocycles. The molecule has 0 amide bonds. The maximum Gasteiger partial charge on any atom is 0.269 e. The van der Waals surface area contributed by atoms with Crippen LogP contribution in [0.1, 0.15) is 0 Å². The van der Waals surface area contributed by atoms with E-state index in [1.54, 1.807) is 12.1 Å². The molecule has 1 aliphatic rings. The van der Waals surface area contributed by atoms with Crippen LogP contribution in [0.2, 0.25) is 0 Å². The first-order valence-corrected chi connectivity index (χ1v) is 8.29. The van der Waals surface area contributed by atoms with Gasteiger partial charge in [-0.05, 0) is 36.4 Å². The second-order valence-corrected chi connectivity index (χ2v) is 6.94. The van der Waals surface area contributed by atoms with E-state index in [2.05, 4.69) is 0 Å². The van der Waals surface area contributed by atoms with Crippen LogP contribution in [0.3, 0.4) is 0 Å². The van der Waals surface area contributed by atoms with Crippen LogP contribution in [0.5, 0.6) is 5.75 Å². The van der Waals surface area contributed by atoms with E-state index in [-0.39, 0.29) is 21.6 Å². The van der Waals surface area contributed by atoms with Crippen molar-refractivity contribution in [2.45, 2.75) is 15.9 Å². The SMILES string of the molecule is O=[N+]([O-])c1ccc(S(=O)(=O)c2ccc(OCC3CO3)cc2)cc1. The minimum absolute atomic E-state index is 0.00292. The van der Waals surface area contributed by atoms with Crippen LogP contribution >= 0.6 is 0 Å². The Hall–Kier alpha value is -2.45. The lowest BCUT2D eigenvalue weighted by Gasteiger charge is -2.07. The van der Waals surface area contributed by atoms with E-state index in [1.165, 1.54) is 36.4 Å². The molecule has 1 atom stereocenters. The first-order chi connectivity index (χ1) is 11.0. The van der Waals surface area contributed by atoms with E-state index < -0.39 is 14.8 Å². The van der Waals surface area contributed by atoms with Crippen molar-refractivity contribution in [1.29, 1.82) is 0 Å². The lowest BCUT2D eigenvalue weighted by Crippen LogP contribution is -2.05. The van der Waals surface area contributed by atoms with Gasteiger partial charge in [-0.25, -0.2) is 8.42 Å². The number of rotatable bonds is 6. The van der Waals surface area contributed by atoms with Crippen molar-refractivity contribution in [1.82, 2.24) is 0 Å². The van der Waals surface area contributed by atoms with Gasteiger partial charge in [-0.3, -0.25) is 10.1 Å². The molecule has 1 fully saturated rings. The quantitative estimate of drug-likeness (QED) is 0.456. The number of nitrogens with zero attached hydrogens (tertiary/aromatic N) is 1. The summed E-state index contributed by atoms with van der Waals surface area (Å²) in [6.07, 6.45) is 0.124. The molecule has 120 valence electrons. The molecule has 7 nitrogen and oxygen atoms in total. The third kappa shape index (κ3) is 3.49. The molecular formula is C15H13NO6S. The van der Waals surface area contributed by atoms with Crippen LogP contribution in [-0.4, -0.2) is 32.7 Å². The lowest BCUT2D eigenvalue weighted by molar-refractivity contribution is -0.384. The highest BCUT2D eigenvalue weighted by molar-refractivity contribution is 7.91. The molecule has 1 aliphatic heterocycles. The van der Waals surface area contributed by atoms with E-state index in [0.29, 0.717) is 19.0 Å². The van der Waals surface area contributed by atoms with Crippen molar-refractivity contribution in [3.8, 4) is 5.75 Å². The normalized spacial score (nSPS) is 16.8. The van der Waals surface area contributed by atoms with Crippen molar-refractivity contribution < 1.29 is 22.8 Å². The summed E-state index contributed by atoms with van der Waals surface area (Å²) in [5.74, 6) is 0.558. The van der Waals surface area contributed by atoms with Crippen LogP contribution in [-0.2, 0) is 14.6 Å². The summed E-state index contributed by atoms with van der Waals surface area (Å²) in [6.45, 7) is 1.13. The zero-order valence-corrected chi connectivity index (χ0v) is 12.7. The number of nitro groups is 1. The molecule has 2 aromatic rings. The van der Waals surface area contributed by atoms with Gasteiger partial charge in [0.2, 0.25) is 9.84 Å². The summed E-state index contributed by atoms with van der Waals surface area (Å²) in [5.41, 5.74) is -0.157. The van der Waals surface area contributed by atoms with E-state index >= 15 is 0 Å². The van der Waals surface area contributed by atoms with E-state index in [1.807, 2.05) is 0 Å². The topological polar surface area (TPSA) is 99.0 Å². The molecule has 1 heterocycles. The summed E-state index contributed by atoms with van der Waals surface area (Å²) in [7, 11) is -3.72. The largest absolute Gasteiger partial charge is 0.491 e. The second kappa shape index (κ2) is 5.98. The monoisotopic (exact) mass is 335 g/mol. The van der Waals surface area contributed by atoms with Crippen molar-refractivity contribution in [3.05, 3.63) is 58.6 Å². The molecule has 0 aliphatic carbocycles. The summed E-state index contributed by atoms with van der Waals surface area (Å²) in [6, 6.07) is 10.8. The zero-order valence-electron chi connectivity index (χ0n) is 11.9. The maximum absolute atomic E-state index is 12.5. The molecule has 2 aromatic carbocycles. The van der Waals surface area contributed by atoms with Crippen LogP contribution < -0.4 is 4.74 Å². The maximum atomic E-state index is 12.5. The first kappa shape index (κ1) is 15.4. The predicted octanol–water partition coefficient (Wildman–Crippen LogP) is 2.21. The molecule has 23 heavy (non-hydrogen) atoms. The summed E-state index contributed by atoms with van der Waals surface area (Å²) >= 11 is 0. The van der Waals surface area contributed by atoms with Crippen LogP contribution in [0.15, 0.2) is 58.3 Å². The molecule has 3 rings (SSSR count). The van der Waals surface area contributed by atoms with Gasteiger partial charge in [-0.1, -0.05) is 0 Å². The fourth-order valence-electron chi connectivity index (χ4n) is 1.95. The van der Waals surface area contributed by atoms with Crippen LogP contribution in [0.4, 0.5) is 5.69 Å². The second-order valence-electron chi connectivity index (χ2n) is 4.99. The average Bonchev–Trinajstić information content (AvgIpc) is 3.38. The van der Waals surface area contributed by atoms with E-state index in [0.717, 1.165) is 0 Å². The molecule has 1 unspecified atom stereocenters. The number of nitro benzene ring substituents is 1. The smallest absolute Gasteiger partial charge is 0.269 e. The highest BCUT2D eigenvalue weighted by atomic mass is 32.2. The molecule has 1 saturated heterocycles. The molecular weight excluding hydrogens is 322 g/mol. The minimum atomic E-state index is -3.72. The van der Waals surface area contributed by atoms with Crippen molar-refractivity contribution in [2.75, 3.05) is 13.2 Å². The Morgan fingerprint density at radius 2 is 1.61 bits per heavy atom. The van der Waals surface area contributed by atoms with E-state index in [4.69, 9.17) is 9.47 Å². The Bertz CT molecular complexity index is 810. The fourth-order valence-corrected chi connectivity index (χ4v) is 3.21. The number of hydrogen-bond acceptors (Lipinski definition) is 6. The lowest BCUT2D eigenvalue weighted by atomic mass is 10.3. The zero-order chi connectivity index (χ0) is 16.4. The number of hydrogen-bond donors (Lipinski definition) is 0. The number of non-ortho nitro benzene ring substituents is 1. The number of ether oxygens (including phenoxy) is 2. The van der Waals surface area contributed by atoms with Gasteiger partial charge in [-0.2, -0.15) is 0 Å². The van der Waals surface area contributed by atoms with Crippen molar-refractivity contribution in [3.63, 3.8) is 0 Å². The Morgan fingerprint density at radius 1 is 1.09 bits per heavy atom. The van der Waals surface area contributed by atoms with Gasteiger partial charge in [0.15, 0.2) is 0 Å². The van der Waals surface area contributed by atoms with Gasteiger partial charge in [0.1, 0.15) is 18.5 Å². The molecule has 0 saturated carbocycles. The van der Waals surface area contributed by atoms with Gasteiger partial charge in [0.25, 0.3) is 5.69 Å². The minimum Gasteiger partial charge on any atom is -0.491 e. The van der Waals surface area contributed by atoms with Crippen LogP contribution in [0, 0.1) is 10.1 Å². The number of sulfone groups is 1. The third-order valence-corrected chi connectivity index (χ3v) is 5.12.